The molecule has 0 unspecified atom stereocenters. The summed E-state index contributed by atoms with van der Waals surface area (Å²) in [7, 11) is -3.06. The van der Waals surface area contributed by atoms with Gasteiger partial charge in [0.15, 0.2) is 0 Å². The SMILES string of the molecule is CCCS(=O)(=O)NCc1ccc(C)s1. The lowest BCUT2D eigenvalue weighted by Gasteiger charge is -2.02. The summed E-state index contributed by atoms with van der Waals surface area (Å²) in [6, 6.07) is 3.95. The summed E-state index contributed by atoms with van der Waals surface area (Å²) < 4.78 is 25.2. The van der Waals surface area contributed by atoms with Gasteiger partial charge >= 0.3 is 0 Å². The van der Waals surface area contributed by atoms with Crippen LogP contribution in [0, 0.1) is 6.92 Å². The Morgan fingerprint density at radius 1 is 1.43 bits per heavy atom. The van der Waals surface area contributed by atoms with E-state index in [4.69, 9.17) is 0 Å². The van der Waals surface area contributed by atoms with E-state index in [1.165, 1.54) is 4.88 Å². The Hall–Kier alpha value is -0.390. The van der Waals surface area contributed by atoms with Gasteiger partial charge in [-0.1, -0.05) is 6.92 Å². The number of rotatable bonds is 5. The molecule has 1 aromatic rings. The third kappa shape index (κ3) is 3.77. The van der Waals surface area contributed by atoms with Crippen molar-refractivity contribution in [2.75, 3.05) is 5.75 Å². The zero-order valence-corrected chi connectivity index (χ0v) is 10.0. The molecule has 0 radical (unpaired) electrons. The van der Waals surface area contributed by atoms with Gasteiger partial charge in [-0.15, -0.1) is 11.3 Å². The van der Waals surface area contributed by atoms with Crippen molar-refractivity contribution in [1.82, 2.24) is 4.72 Å². The molecule has 80 valence electrons. The number of hydrogen-bond donors (Lipinski definition) is 1. The third-order valence-electron chi connectivity index (χ3n) is 1.74. The lowest BCUT2D eigenvalue weighted by molar-refractivity contribution is 0.580. The van der Waals surface area contributed by atoms with Crippen LogP contribution in [0.2, 0.25) is 0 Å². The molecule has 1 rings (SSSR count). The van der Waals surface area contributed by atoms with Crippen LogP contribution in [0.1, 0.15) is 23.1 Å². The van der Waals surface area contributed by atoms with E-state index in [1.54, 1.807) is 11.3 Å². The van der Waals surface area contributed by atoms with Crippen molar-refractivity contribution in [3.63, 3.8) is 0 Å². The fraction of sp³-hybridized carbons (Fsp3) is 0.556. The van der Waals surface area contributed by atoms with Crippen molar-refractivity contribution in [3.05, 3.63) is 21.9 Å². The maximum absolute atomic E-state index is 11.3. The molecular weight excluding hydrogens is 218 g/mol. The van der Waals surface area contributed by atoms with Gasteiger partial charge in [-0.05, 0) is 25.5 Å². The van der Waals surface area contributed by atoms with Crippen LogP contribution in [-0.2, 0) is 16.6 Å². The first-order chi connectivity index (χ1) is 6.53. The molecule has 0 aliphatic rings. The average molecular weight is 233 g/mol. The van der Waals surface area contributed by atoms with E-state index >= 15 is 0 Å². The van der Waals surface area contributed by atoms with Crippen LogP contribution < -0.4 is 4.72 Å². The van der Waals surface area contributed by atoms with Gasteiger partial charge < -0.3 is 0 Å². The van der Waals surface area contributed by atoms with Crippen LogP contribution in [-0.4, -0.2) is 14.2 Å². The van der Waals surface area contributed by atoms with E-state index in [1.807, 2.05) is 26.0 Å². The molecule has 5 heteroatoms. The van der Waals surface area contributed by atoms with Gasteiger partial charge in [-0.2, -0.15) is 0 Å². The number of nitrogens with one attached hydrogen (secondary N) is 1. The minimum Gasteiger partial charge on any atom is -0.212 e. The van der Waals surface area contributed by atoms with Gasteiger partial charge in [0.2, 0.25) is 10.0 Å². The molecule has 1 aromatic heterocycles. The molecule has 1 N–H and O–H groups in total. The Kier molecular flexibility index (Phi) is 4.10. The van der Waals surface area contributed by atoms with Gasteiger partial charge in [0, 0.05) is 16.3 Å². The number of sulfonamides is 1. The topological polar surface area (TPSA) is 46.2 Å². The van der Waals surface area contributed by atoms with Crippen LogP contribution in [0.4, 0.5) is 0 Å². The van der Waals surface area contributed by atoms with E-state index in [9.17, 15) is 8.42 Å². The lowest BCUT2D eigenvalue weighted by Crippen LogP contribution is -2.25. The van der Waals surface area contributed by atoms with Crippen molar-refractivity contribution in [2.45, 2.75) is 26.8 Å². The van der Waals surface area contributed by atoms with Crippen LogP contribution in [0.3, 0.4) is 0 Å². The molecule has 0 saturated heterocycles. The van der Waals surface area contributed by atoms with E-state index in [-0.39, 0.29) is 5.75 Å². The summed E-state index contributed by atoms with van der Waals surface area (Å²) in [5.74, 6) is 0.206. The average Bonchev–Trinajstić information content (AvgIpc) is 2.48. The van der Waals surface area contributed by atoms with E-state index in [2.05, 4.69) is 4.72 Å². The molecule has 14 heavy (non-hydrogen) atoms. The lowest BCUT2D eigenvalue weighted by atomic mass is 10.4. The Morgan fingerprint density at radius 3 is 2.64 bits per heavy atom. The minimum absolute atomic E-state index is 0.206. The molecule has 1 heterocycles. The molecule has 0 bridgehead atoms. The van der Waals surface area contributed by atoms with E-state index in [0.29, 0.717) is 13.0 Å². The number of thiophene rings is 1. The Morgan fingerprint density at radius 2 is 2.14 bits per heavy atom. The zero-order valence-electron chi connectivity index (χ0n) is 8.41. The maximum atomic E-state index is 11.3. The second-order valence-corrected chi connectivity index (χ2v) is 6.45. The maximum Gasteiger partial charge on any atom is 0.211 e. The zero-order chi connectivity index (χ0) is 10.6. The Balaban J connectivity index is 2.48. The summed E-state index contributed by atoms with van der Waals surface area (Å²) in [4.78, 5) is 2.26. The molecule has 0 spiro atoms. The Bertz CT molecular complexity index is 381. The Labute approximate surface area is 89.2 Å². The fourth-order valence-electron chi connectivity index (χ4n) is 1.10. The molecule has 0 amide bonds. The molecular formula is C9H15NO2S2. The van der Waals surface area contributed by atoms with Crippen molar-refractivity contribution < 1.29 is 8.42 Å². The highest BCUT2D eigenvalue weighted by Crippen LogP contribution is 2.14. The molecule has 0 aliphatic carbocycles. The minimum atomic E-state index is -3.06. The van der Waals surface area contributed by atoms with Crippen molar-refractivity contribution in [3.8, 4) is 0 Å². The van der Waals surface area contributed by atoms with Gasteiger partial charge in [-0.25, -0.2) is 13.1 Å². The smallest absolute Gasteiger partial charge is 0.211 e. The number of hydrogen-bond acceptors (Lipinski definition) is 3. The first-order valence-electron chi connectivity index (χ1n) is 4.56. The van der Waals surface area contributed by atoms with E-state index < -0.39 is 10.0 Å². The quantitative estimate of drug-likeness (QED) is 0.844. The van der Waals surface area contributed by atoms with Crippen molar-refractivity contribution in [1.29, 1.82) is 0 Å². The molecule has 0 fully saturated rings. The highest BCUT2D eigenvalue weighted by Gasteiger charge is 2.08. The predicted octanol–water partition coefficient (Wildman–Crippen LogP) is 1.89. The first-order valence-corrected chi connectivity index (χ1v) is 7.03. The van der Waals surface area contributed by atoms with E-state index in [0.717, 1.165) is 4.88 Å². The normalized spacial score (nSPS) is 11.9. The monoisotopic (exact) mass is 233 g/mol. The summed E-state index contributed by atoms with van der Waals surface area (Å²) in [6.45, 7) is 4.28. The molecule has 3 nitrogen and oxygen atoms in total. The largest absolute Gasteiger partial charge is 0.212 e. The van der Waals surface area contributed by atoms with Crippen LogP contribution in [0.5, 0.6) is 0 Å². The van der Waals surface area contributed by atoms with Gasteiger partial charge in [-0.3, -0.25) is 0 Å². The highest BCUT2D eigenvalue weighted by molar-refractivity contribution is 7.89. The molecule has 0 aromatic carbocycles. The van der Waals surface area contributed by atoms with Crippen LogP contribution in [0.25, 0.3) is 0 Å². The predicted molar refractivity (Wildman–Crippen MR) is 60.0 cm³/mol. The second-order valence-electron chi connectivity index (χ2n) is 3.15. The summed E-state index contributed by atoms with van der Waals surface area (Å²) in [5, 5.41) is 0. The van der Waals surface area contributed by atoms with Crippen molar-refractivity contribution >= 4 is 21.4 Å². The third-order valence-corrected chi connectivity index (χ3v) is 4.27. The van der Waals surface area contributed by atoms with Crippen LogP contribution in [0.15, 0.2) is 12.1 Å². The van der Waals surface area contributed by atoms with Crippen LogP contribution >= 0.6 is 11.3 Å². The summed E-state index contributed by atoms with van der Waals surface area (Å²) in [5.41, 5.74) is 0. The standard InChI is InChI=1S/C9H15NO2S2/c1-3-6-14(11,12)10-7-9-5-4-8(2)13-9/h4-5,10H,3,6-7H2,1-2H3. The molecule has 0 atom stereocenters. The fourth-order valence-corrected chi connectivity index (χ4v) is 3.08. The van der Waals surface area contributed by atoms with Gasteiger partial charge in [0.1, 0.15) is 0 Å². The molecule has 0 aliphatic heterocycles. The highest BCUT2D eigenvalue weighted by atomic mass is 32.2. The first kappa shape index (κ1) is 11.7. The second kappa shape index (κ2) is 4.91. The summed E-state index contributed by atoms with van der Waals surface area (Å²) in [6.07, 6.45) is 0.652. The number of aryl methyl sites for hydroxylation is 1. The van der Waals surface area contributed by atoms with Crippen molar-refractivity contribution in [2.24, 2.45) is 0 Å². The van der Waals surface area contributed by atoms with Gasteiger partial charge in [0.25, 0.3) is 0 Å². The molecule has 0 saturated carbocycles. The van der Waals surface area contributed by atoms with Gasteiger partial charge in [0.05, 0.1) is 5.75 Å². The summed E-state index contributed by atoms with van der Waals surface area (Å²) >= 11 is 1.62.